The molecule has 2 aliphatic heterocycles. The second-order valence-electron chi connectivity index (χ2n) is 5.73. The lowest BCUT2D eigenvalue weighted by molar-refractivity contribution is 0.0720. The van der Waals surface area contributed by atoms with E-state index >= 15 is 0 Å². The monoisotopic (exact) mass is 274 g/mol. The van der Waals surface area contributed by atoms with E-state index in [1.807, 2.05) is 30.1 Å². The molecular formula is C16H22N2O2. The summed E-state index contributed by atoms with van der Waals surface area (Å²) in [6, 6.07) is 6.30. The van der Waals surface area contributed by atoms with Crippen molar-refractivity contribution in [2.45, 2.75) is 38.5 Å². The predicted octanol–water partition coefficient (Wildman–Crippen LogP) is 1.93. The maximum atomic E-state index is 12.6. The zero-order chi connectivity index (χ0) is 13.9. The Balaban J connectivity index is 1.74. The molecule has 1 saturated heterocycles. The van der Waals surface area contributed by atoms with E-state index in [0.29, 0.717) is 19.3 Å². The number of ether oxygens (including phenoxy) is 1. The number of carbonyl (C=O) groups is 1. The molecule has 0 saturated carbocycles. The van der Waals surface area contributed by atoms with Crippen molar-refractivity contribution in [1.29, 1.82) is 0 Å². The van der Waals surface area contributed by atoms with Crippen molar-refractivity contribution in [1.82, 2.24) is 10.2 Å². The van der Waals surface area contributed by atoms with Crippen LogP contribution in [-0.2, 0) is 18.0 Å². The van der Waals surface area contributed by atoms with Gasteiger partial charge in [0.05, 0.1) is 13.2 Å². The van der Waals surface area contributed by atoms with Crippen molar-refractivity contribution < 1.29 is 9.53 Å². The van der Waals surface area contributed by atoms with Gasteiger partial charge in [-0.05, 0) is 55.6 Å². The number of amides is 1. The summed E-state index contributed by atoms with van der Waals surface area (Å²) >= 11 is 0. The van der Waals surface area contributed by atoms with E-state index in [9.17, 15) is 4.79 Å². The second-order valence-corrected chi connectivity index (χ2v) is 5.73. The number of nitrogens with one attached hydrogen (secondary N) is 1. The van der Waals surface area contributed by atoms with Gasteiger partial charge in [-0.3, -0.25) is 4.79 Å². The van der Waals surface area contributed by atoms with Gasteiger partial charge < -0.3 is 15.0 Å². The van der Waals surface area contributed by atoms with E-state index in [4.69, 9.17) is 4.74 Å². The summed E-state index contributed by atoms with van der Waals surface area (Å²) in [6.45, 7) is 3.37. The minimum atomic E-state index is 0.131. The van der Waals surface area contributed by atoms with Crippen LogP contribution in [0.2, 0.25) is 0 Å². The minimum Gasteiger partial charge on any atom is -0.372 e. The Kier molecular flexibility index (Phi) is 4.03. The maximum Gasteiger partial charge on any atom is 0.253 e. The molecule has 1 amide bonds. The van der Waals surface area contributed by atoms with Gasteiger partial charge in [0, 0.05) is 18.7 Å². The van der Waals surface area contributed by atoms with Crippen LogP contribution < -0.4 is 5.32 Å². The Hall–Kier alpha value is -1.39. The van der Waals surface area contributed by atoms with Gasteiger partial charge in [0.25, 0.3) is 5.91 Å². The molecule has 0 aromatic heterocycles. The third kappa shape index (κ3) is 2.72. The number of fused-ring (bicyclic) bond motifs is 1. The van der Waals surface area contributed by atoms with Crippen molar-refractivity contribution in [3.05, 3.63) is 34.9 Å². The smallest absolute Gasteiger partial charge is 0.253 e. The first kappa shape index (κ1) is 13.6. The summed E-state index contributed by atoms with van der Waals surface area (Å²) in [6.07, 6.45) is 3.26. The topological polar surface area (TPSA) is 41.6 Å². The highest BCUT2D eigenvalue weighted by Gasteiger charge is 2.23. The van der Waals surface area contributed by atoms with Crippen LogP contribution in [0.25, 0.3) is 0 Å². The quantitative estimate of drug-likeness (QED) is 0.896. The fourth-order valence-electron chi connectivity index (χ4n) is 3.06. The Bertz CT molecular complexity index is 493. The van der Waals surface area contributed by atoms with Crippen molar-refractivity contribution in [2.75, 3.05) is 20.1 Å². The summed E-state index contributed by atoms with van der Waals surface area (Å²) in [7, 11) is 1.93. The molecule has 0 radical (unpaired) electrons. The average molecular weight is 274 g/mol. The molecule has 1 fully saturated rings. The molecule has 20 heavy (non-hydrogen) atoms. The normalized spacial score (nSPS) is 22.1. The Morgan fingerprint density at radius 3 is 3.00 bits per heavy atom. The summed E-state index contributed by atoms with van der Waals surface area (Å²) in [4.78, 5) is 14.5. The van der Waals surface area contributed by atoms with Crippen molar-refractivity contribution in [2.24, 2.45) is 0 Å². The van der Waals surface area contributed by atoms with Gasteiger partial charge in [-0.2, -0.15) is 0 Å². The molecular weight excluding hydrogens is 252 g/mol. The van der Waals surface area contributed by atoms with E-state index in [1.165, 1.54) is 5.56 Å². The molecule has 0 bridgehead atoms. The maximum absolute atomic E-state index is 12.6. The Morgan fingerprint density at radius 1 is 1.25 bits per heavy atom. The molecule has 1 aromatic rings. The lowest BCUT2D eigenvalue weighted by Crippen LogP contribution is -2.37. The van der Waals surface area contributed by atoms with Crippen LogP contribution in [0.1, 0.15) is 40.7 Å². The van der Waals surface area contributed by atoms with Crippen LogP contribution in [-0.4, -0.2) is 37.0 Å². The largest absolute Gasteiger partial charge is 0.372 e. The fourth-order valence-corrected chi connectivity index (χ4v) is 3.06. The van der Waals surface area contributed by atoms with Gasteiger partial charge in [-0.25, -0.2) is 0 Å². The van der Waals surface area contributed by atoms with Crippen LogP contribution >= 0.6 is 0 Å². The molecule has 108 valence electrons. The molecule has 3 rings (SSSR count). The first-order valence-corrected chi connectivity index (χ1v) is 7.43. The van der Waals surface area contributed by atoms with Crippen LogP contribution in [0.3, 0.4) is 0 Å². The number of benzene rings is 1. The minimum absolute atomic E-state index is 0.131. The molecule has 0 spiro atoms. The molecule has 1 N–H and O–H groups in total. The highest BCUT2D eigenvalue weighted by Crippen LogP contribution is 2.22. The zero-order valence-corrected chi connectivity index (χ0v) is 12.0. The van der Waals surface area contributed by atoms with E-state index in [1.54, 1.807) is 0 Å². The summed E-state index contributed by atoms with van der Waals surface area (Å²) in [5.41, 5.74) is 3.16. The van der Waals surface area contributed by atoms with Gasteiger partial charge >= 0.3 is 0 Å². The van der Waals surface area contributed by atoms with E-state index in [-0.39, 0.29) is 5.91 Å². The summed E-state index contributed by atoms with van der Waals surface area (Å²) in [5.74, 6) is 0.131. The second kappa shape index (κ2) is 5.94. The lowest BCUT2D eigenvalue weighted by atomic mass is 10.0. The highest BCUT2D eigenvalue weighted by atomic mass is 16.5. The first-order chi connectivity index (χ1) is 9.75. The van der Waals surface area contributed by atoms with E-state index in [2.05, 4.69) is 5.32 Å². The number of nitrogens with zero attached hydrogens (tertiary/aromatic N) is 1. The van der Waals surface area contributed by atoms with Crippen molar-refractivity contribution in [3.8, 4) is 0 Å². The Labute approximate surface area is 120 Å². The SMILES string of the molecule is CN(C(=O)c1ccc2c(c1)COC2)C1CCCNCC1. The molecule has 0 aliphatic carbocycles. The third-order valence-corrected chi connectivity index (χ3v) is 4.38. The van der Waals surface area contributed by atoms with E-state index < -0.39 is 0 Å². The molecule has 1 unspecified atom stereocenters. The summed E-state index contributed by atoms with van der Waals surface area (Å²) < 4.78 is 5.41. The lowest BCUT2D eigenvalue weighted by Gasteiger charge is -2.27. The third-order valence-electron chi connectivity index (χ3n) is 4.38. The molecule has 2 heterocycles. The van der Waals surface area contributed by atoms with Crippen LogP contribution in [0, 0.1) is 0 Å². The number of hydrogen-bond acceptors (Lipinski definition) is 3. The molecule has 4 heteroatoms. The van der Waals surface area contributed by atoms with Crippen molar-refractivity contribution >= 4 is 5.91 Å². The first-order valence-electron chi connectivity index (χ1n) is 7.43. The van der Waals surface area contributed by atoms with Crippen LogP contribution in [0.5, 0.6) is 0 Å². The molecule has 1 aromatic carbocycles. The van der Waals surface area contributed by atoms with Crippen LogP contribution in [0.4, 0.5) is 0 Å². The summed E-state index contributed by atoms with van der Waals surface area (Å²) in [5, 5.41) is 3.39. The molecule has 1 atom stereocenters. The Morgan fingerprint density at radius 2 is 2.10 bits per heavy atom. The highest BCUT2D eigenvalue weighted by molar-refractivity contribution is 5.94. The predicted molar refractivity (Wildman–Crippen MR) is 77.5 cm³/mol. The van der Waals surface area contributed by atoms with Gasteiger partial charge in [0.2, 0.25) is 0 Å². The molecule has 2 aliphatic rings. The van der Waals surface area contributed by atoms with Gasteiger partial charge in [-0.1, -0.05) is 6.07 Å². The van der Waals surface area contributed by atoms with E-state index in [0.717, 1.165) is 43.5 Å². The zero-order valence-electron chi connectivity index (χ0n) is 12.0. The molecule has 4 nitrogen and oxygen atoms in total. The number of rotatable bonds is 2. The van der Waals surface area contributed by atoms with Crippen LogP contribution in [0.15, 0.2) is 18.2 Å². The van der Waals surface area contributed by atoms with Gasteiger partial charge in [0.15, 0.2) is 0 Å². The van der Waals surface area contributed by atoms with Crippen molar-refractivity contribution in [3.63, 3.8) is 0 Å². The standard InChI is InChI=1S/C16H22N2O2/c1-18(15-3-2-7-17-8-6-15)16(19)12-4-5-13-10-20-11-14(13)9-12/h4-5,9,15,17H,2-3,6-8,10-11H2,1H3. The average Bonchev–Trinajstić information content (AvgIpc) is 2.77. The van der Waals surface area contributed by atoms with Gasteiger partial charge in [-0.15, -0.1) is 0 Å². The number of hydrogen-bond donors (Lipinski definition) is 1. The number of carbonyl (C=O) groups excluding carboxylic acids is 1. The van der Waals surface area contributed by atoms with Gasteiger partial charge in [0.1, 0.15) is 0 Å². The fraction of sp³-hybridized carbons (Fsp3) is 0.562.